The first-order chi connectivity index (χ1) is 9.77. The second kappa shape index (κ2) is 4.58. The summed E-state index contributed by atoms with van der Waals surface area (Å²) in [6.45, 7) is -0.845. The predicted octanol–water partition coefficient (Wildman–Crippen LogP) is 4.15. The lowest BCUT2D eigenvalue weighted by Crippen LogP contribution is -2.86. The average molecular weight is 374 g/mol. The van der Waals surface area contributed by atoms with E-state index in [1.54, 1.807) is 0 Å². The van der Waals surface area contributed by atoms with Crippen LogP contribution in [0.5, 0.6) is 0 Å². The molecule has 0 aromatic carbocycles. The molecule has 23 heavy (non-hydrogen) atoms. The molecule has 14 heteroatoms. The van der Waals surface area contributed by atoms with Gasteiger partial charge < -0.3 is 4.74 Å². The van der Waals surface area contributed by atoms with Crippen molar-refractivity contribution in [3.8, 4) is 0 Å². The molecule has 2 atom stereocenters. The monoisotopic (exact) mass is 374 g/mol. The van der Waals surface area contributed by atoms with Crippen LogP contribution in [0.2, 0.25) is 0 Å². The number of hydrogen-bond acceptors (Lipinski definition) is 2. The summed E-state index contributed by atoms with van der Waals surface area (Å²) in [6.07, 6.45) is -13.7. The molecular weight excluding hydrogens is 368 g/mol. The first-order valence-electron chi connectivity index (χ1n) is 5.29. The van der Waals surface area contributed by atoms with Crippen molar-refractivity contribution in [3.05, 3.63) is 0 Å². The Hall–Kier alpha value is -0.920. The molecule has 2 nitrogen and oxygen atoms in total. The second-order valence-corrected chi connectivity index (χ2v) is 4.63. The summed E-state index contributed by atoms with van der Waals surface area (Å²) in [7, 11) is -0.482. The minimum absolute atomic E-state index is 0.482. The van der Waals surface area contributed by atoms with Gasteiger partial charge in [-0.05, 0) is 0 Å². The van der Waals surface area contributed by atoms with E-state index < -0.39 is 55.5 Å². The lowest BCUT2D eigenvalue weighted by molar-refractivity contribution is -0.575. The van der Waals surface area contributed by atoms with Crippen LogP contribution in [0.1, 0.15) is 6.92 Å². The number of alkyl halides is 12. The zero-order chi connectivity index (χ0) is 18.9. The van der Waals surface area contributed by atoms with Crippen molar-refractivity contribution < 1.29 is 62.2 Å². The van der Waals surface area contributed by atoms with E-state index in [-0.39, 0.29) is 0 Å². The molecule has 1 heterocycles. The van der Waals surface area contributed by atoms with Gasteiger partial charge in [0.2, 0.25) is 0 Å². The Morgan fingerprint density at radius 1 is 0.783 bits per heavy atom. The van der Waals surface area contributed by atoms with E-state index in [9.17, 15) is 52.7 Å². The van der Waals surface area contributed by atoms with Crippen molar-refractivity contribution in [1.29, 1.82) is 0 Å². The maximum Gasteiger partial charge on any atom is 0.429 e. The third-order valence-electron chi connectivity index (χ3n) is 3.19. The van der Waals surface area contributed by atoms with Crippen molar-refractivity contribution in [2.75, 3.05) is 7.11 Å². The maximum atomic E-state index is 14.1. The molecule has 1 saturated heterocycles. The molecule has 0 aliphatic carbocycles. The lowest BCUT2D eigenvalue weighted by Gasteiger charge is -2.55. The number of rotatable bonds is 2. The first-order valence-corrected chi connectivity index (χ1v) is 5.29. The number of halogens is 12. The second-order valence-electron chi connectivity index (χ2n) is 4.63. The Bertz CT molecular complexity index is 480. The van der Waals surface area contributed by atoms with Crippen LogP contribution in [-0.2, 0) is 9.47 Å². The van der Waals surface area contributed by atoms with Gasteiger partial charge in [-0.1, -0.05) is 0 Å². The summed E-state index contributed by atoms with van der Waals surface area (Å²) in [5.74, 6) is -26.3. The molecule has 138 valence electrons. The van der Waals surface area contributed by atoms with Gasteiger partial charge in [0.05, 0.1) is 0 Å². The number of methoxy groups -OCH3 is 1. The fourth-order valence-electron chi connectivity index (χ4n) is 2.05. The van der Waals surface area contributed by atoms with Gasteiger partial charge in [0.15, 0.2) is 0 Å². The smallest absolute Gasteiger partial charge is 0.359 e. The highest BCUT2D eigenvalue weighted by atomic mass is 19.4. The van der Waals surface area contributed by atoms with E-state index in [1.165, 1.54) is 0 Å². The molecule has 0 saturated carbocycles. The van der Waals surface area contributed by atoms with Crippen LogP contribution >= 0.6 is 0 Å². The quantitative estimate of drug-likeness (QED) is 0.677. The van der Waals surface area contributed by atoms with E-state index in [0.29, 0.717) is 0 Å². The van der Waals surface area contributed by atoms with Crippen LogP contribution in [0.3, 0.4) is 0 Å². The third kappa shape index (κ3) is 1.99. The van der Waals surface area contributed by atoms with Crippen molar-refractivity contribution >= 4 is 0 Å². The molecule has 0 aromatic heterocycles. The van der Waals surface area contributed by atoms with Gasteiger partial charge in [0.25, 0.3) is 5.60 Å². The Morgan fingerprint density at radius 2 is 1.17 bits per heavy atom. The van der Waals surface area contributed by atoms with E-state index in [1.807, 2.05) is 0 Å². The van der Waals surface area contributed by atoms with E-state index in [2.05, 4.69) is 9.47 Å². The van der Waals surface area contributed by atoms with Gasteiger partial charge in [0, 0.05) is 14.0 Å². The Kier molecular flexibility index (Phi) is 4.01. The zero-order valence-corrected chi connectivity index (χ0v) is 10.9. The summed E-state index contributed by atoms with van der Waals surface area (Å²) < 4.78 is 164. The molecule has 1 aliphatic heterocycles. The molecule has 0 bridgehead atoms. The normalized spacial score (nSPS) is 36.8. The van der Waals surface area contributed by atoms with Crippen LogP contribution < -0.4 is 0 Å². The van der Waals surface area contributed by atoms with Crippen LogP contribution in [0, 0.1) is 0 Å². The van der Waals surface area contributed by atoms with Gasteiger partial charge in [-0.2, -0.15) is 39.5 Å². The SMILES string of the molecule is COC1(C(F)(F)F)C(F)(F)C(F)(F)C(F)(F)OC1(F)C(C)(F)F. The van der Waals surface area contributed by atoms with E-state index >= 15 is 0 Å². The van der Waals surface area contributed by atoms with E-state index in [4.69, 9.17) is 0 Å². The van der Waals surface area contributed by atoms with Gasteiger partial charge in [-0.3, -0.25) is 4.74 Å². The van der Waals surface area contributed by atoms with Gasteiger partial charge in [0.1, 0.15) is 0 Å². The lowest BCUT2D eigenvalue weighted by atomic mass is 9.77. The molecule has 2 unspecified atom stereocenters. The molecule has 1 fully saturated rings. The molecule has 0 aromatic rings. The molecular formula is C9H6F12O2. The summed E-state index contributed by atoms with van der Waals surface area (Å²) in [5.41, 5.74) is -6.42. The molecule has 1 aliphatic rings. The van der Waals surface area contributed by atoms with E-state index in [0.717, 1.165) is 0 Å². The van der Waals surface area contributed by atoms with Crippen LogP contribution in [0.4, 0.5) is 52.7 Å². The summed E-state index contributed by atoms with van der Waals surface area (Å²) >= 11 is 0. The van der Waals surface area contributed by atoms with Gasteiger partial charge in [-0.15, -0.1) is 0 Å². The average Bonchev–Trinajstić information content (AvgIpc) is 2.23. The number of hydrogen-bond donors (Lipinski definition) is 0. The van der Waals surface area contributed by atoms with Gasteiger partial charge >= 0.3 is 35.9 Å². The van der Waals surface area contributed by atoms with Crippen LogP contribution in [0.15, 0.2) is 0 Å². The standard InChI is InChI=1S/C9H6F12O2/c1-3(10,11)7(16)4(22-2,8(17,18)19)5(12,13)6(14,15)9(20,21)23-7/h1-2H3. The number of ether oxygens (including phenoxy) is 2. The Labute approximate surface area is 119 Å². The van der Waals surface area contributed by atoms with Crippen molar-refractivity contribution in [3.63, 3.8) is 0 Å². The van der Waals surface area contributed by atoms with Crippen molar-refractivity contribution in [1.82, 2.24) is 0 Å². The zero-order valence-electron chi connectivity index (χ0n) is 10.9. The van der Waals surface area contributed by atoms with Crippen molar-refractivity contribution in [2.45, 2.75) is 48.4 Å². The molecule has 1 rings (SSSR count). The summed E-state index contributed by atoms with van der Waals surface area (Å²) in [5, 5.41) is 0. The fraction of sp³-hybridized carbons (Fsp3) is 1.00. The highest BCUT2D eigenvalue weighted by molar-refractivity contribution is 5.22. The van der Waals surface area contributed by atoms with Crippen molar-refractivity contribution in [2.24, 2.45) is 0 Å². The predicted molar refractivity (Wildman–Crippen MR) is 46.2 cm³/mol. The first kappa shape index (κ1) is 20.1. The summed E-state index contributed by atoms with van der Waals surface area (Å²) in [6, 6.07) is 0. The molecule has 0 spiro atoms. The fourth-order valence-corrected chi connectivity index (χ4v) is 2.05. The van der Waals surface area contributed by atoms with Crippen LogP contribution in [-0.4, -0.2) is 48.6 Å². The Morgan fingerprint density at radius 3 is 1.43 bits per heavy atom. The minimum Gasteiger partial charge on any atom is -0.359 e. The maximum absolute atomic E-state index is 14.1. The Balaban J connectivity index is 3.98. The third-order valence-corrected chi connectivity index (χ3v) is 3.19. The molecule has 0 radical (unpaired) electrons. The highest BCUT2D eigenvalue weighted by Crippen LogP contribution is 2.68. The van der Waals surface area contributed by atoms with Gasteiger partial charge in [-0.25, -0.2) is 13.2 Å². The van der Waals surface area contributed by atoms with Crippen LogP contribution in [0.25, 0.3) is 0 Å². The highest BCUT2D eigenvalue weighted by Gasteiger charge is 2.99. The largest absolute Gasteiger partial charge is 0.429 e. The molecule has 0 N–H and O–H groups in total. The summed E-state index contributed by atoms with van der Waals surface area (Å²) in [4.78, 5) is 0. The topological polar surface area (TPSA) is 18.5 Å². The minimum atomic E-state index is -7.16. The molecule has 0 amide bonds.